The number of aromatic nitrogens is 4. The number of halogens is 1. The SMILES string of the molecule is O=C/C(O)=C\c1ccc(-c2nnn[nH]2)c(Cl)c1. The zero-order chi connectivity index (χ0) is 12.3. The van der Waals surface area contributed by atoms with Crippen LogP contribution in [0.1, 0.15) is 5.56 Å². The van der Waals surface area contributed by atoms with Gasteiger partial charge in [0, 0.05) is 5.56 Å². The minimum atomic E-state index is -0.366. The molecule has 2 rings (SSSR count). The van der Waals surface area contributed by atoms with E-state index in [0.29, 0.717) is 28.3 Å². The van der Waals surface area contributed by atoms with Crippen molar-refractivity contribution in [3.05, 3.63) is 34.5 Å². The van der Waals surface area contributed by atoms with Crippen molar-refractivity contribution >= 4 is 24.0 Å². The van der Waals surface area contributed by atoms with Gasteiger partial charge >= 0.3 is 0 Å². The molecule has 0 radical (unpaired) electrons. The van der Waals surface area contributed by atoms with Gasteiger partial charge in [-0.05, 0) is 34.2 Å². The van der Waals surface area contributed by atoms with Crippen LogP contribution in [0.4, 0.5) is 0 Å². The molecule has 1 heterocycles. The lowest BCUT2D eigenvalue weighted by Crippen LogP contribution is -1.86. The minimum absolute atomic E-state index is 0.349. The Morgan fingerprint density at radius 2 is 2.29 bits per heavy atom. The molecular formula is C10H7ClN4O2. The van der Waals surface area contributed by atoms with Crippen molar-refractivity contribution in [2.75, 3.05) is 0 Å². The summed E-state index contributed by atoms with van der Waals surface area (Å²) in [5, 5.41) is 22.7. The summed E-state index contributed by atoms with van der Waals surface area (Å²) >= 11 is 6.03. The smallest absolute Gasteiger partial charge is 0.184 e. The molecule has 86 valence electrons. The maximum absolute atomic E-state index is 10.3. The Hall–Kier alpha value is -2.21. The fourth-order valence-corrected chi connectivity index (χ4v) is 1.57. The van der Waals surface area contributed by atoms with Crippen molar-refractivity contribution in [3.63, 3.8) is 0 Å². The van der Waals surface area contributed by atoms with E-state index >= 15 is 0 Å². The summed E-state index contributed by atoms with van der Waals surface area (Å²) in [6, 6.07) is 4.97. The van der Waals surface area contributed by atoms with Gasteiger partial charge in [0.25, 0.3) is 0 Å². The van der Waals surface area contributed by atoms with Gasteiger partial charge in [-0.25, -0.2) is 5.10 Å². The number of aliphatic hydroxyl groups is 1. The van der Waals surface area contributed by atoms with Crippen molar-refractivity contribution in [2.24, 2.45) is 0 Å². The summed E-state index contributed by atoms with van der Waals surface area (Å²) in [7, 11) is 0. The first-order valence-electron chi connectivity index (χ1n) is 4.60. The number of nitrogens with one attached hydrogen (secondary N) is 1. The number of nitrogens with zero attached hydrogens (tertiary/aromatic N) is 3. The largest absolute Gasteiger partial charge is 0.505 e. The van der Waals surface area contributed by atoms with Gasteiger partial charge in [-0.1, -0.05) is 17.7 Å². The van der Waals surface area contributed by atoms with E-state index in [4.69, 9.17) is 16.7 Å². The number of allylic oxidation sites excluding steroid dienone is 1. The average Bonchev–Trinajstić information content (AvgIpc) is 2.82. The second-order valence-corrected chi connectivity index (χ2v) is 3.58. The third kappa shape index (κ3) is 2.48. The second-order valence-electron chi connectivity index (χ2n) is 3.18. The Balaban J connectivity index is 2.39. The van der Waals surface area contributed by atoms with Crippen molar-refractivity contribution in [3.8, 4) is 11.4 Å². The van der Waals surface area contributed by atoms with Crippen molar-refractivity contribution in [1.29, 1.82) is 0 Å². The molecule has 0 bridgehead atoms. The maximum Gasteiger partial charge on any atom is 0.184 e. The van der Waals surface area contributed by atoms with E-state index in [1.807, 2.05) is 0 Å². The van der Waals surface area contributed by atoms with E-state index in [2.05, 4.69) is 20.6 Å². The monoisotopic (exact) mass is 250 g/mol. The van der Waals surface area contributed by atoms with Gasteiger partial charge in [0.15, 0.2) is 17.9 Å². The van der Waals surface area contributed by atoms with Crippen LogP contribution in [0.25, 0.3) is 17.5 Å². The molecule has 1 aromatic carbocycles. The summed E-state index contributed by atoms with van der Waals surface area (Å²) < 4.78 is 0. The standard InChI is InChI=1S/C10H7ClN4O2/c11-9-4-6(3-7(17)5-16)1-2-8(9)10-12-14-15-13-10/h1-5,17H,(H,12,13,14,15)/b7-3+. The van der Waals surface area contributed by atoms with Crippen molar-refractivity contribution < 1.29 is 9.90 Å². The number of H-pyrrole nitrogens is 1. The Labute approximate surface area is 101 Å². The Kier molecular flexibility index (Phi) is 3.15. The maximum atomic E-state index is 10.3. The van der Waals surface area contributed by atoms with Crippen LogP contribution in [-0.4, -0.2) is 32.0 Å². The number of benzene rings is 1. The van der Waals surface area contributed by atoms with E-state index < -0.39 is 0 Å². The normalized spacial score (nSPS) is 11.5. The minimum Gasteiger partial charge on any atom is -0.505 e. The number of carbonyl (C=O) groups excluding carboxylic acids is 1. The van der Waals surface area contributed by atoms with Crippen molar-refractivity contribution in [1.82, 2.24) is 20.6 Å². The molecule has 0 aliphatic heterocycles. The molecule has 0 unspecified atom stereocenters. The summed E-state index contributed by atoms with van der Waals surface area (Å²) in [6.07, 6.45) is 1.66. The molecule has 0 aliphatic rings. The van der Waals surface area contributed by atoms with Crippen LogP contribution in [0, 0.1) is 0 Å². The molecule has 0 aliphatic carbocycles. The van der Waals surface area contributed by atoms with Gasteiger partial charge in [0.2, 0.25) is 0 Å². The molecule has 0 saturated carbocycles. The summed E-state index contributed by atoms with van der Waals surface area (Å²) in [6.45, 7) is 0. The average molecular weight is 251 g/mol. The van der Waals surface area contributed by atoms with Crippen molar-refractivity contribution in [2.45, 2.75) is 0 Å². The van der Waals surface area contributed by atoms with Crippen LogP contribution in [0.15, 0.2) is 24.0 Å². The third-order valence-electron chi connectivity index (χ3n) is 2.03. The van der Waals surface area contributed by atoms with Crippen LogP contribution in [-0.2, 0) is 4.79 Å². The molecule has 2 aromatic rings. The zero-order valence-corrected chi connectivity index (χ0v) is 9.22. The molecule has 0 spiro atoms. The lowest BCUT2D eigenvalue weighted by molar-refractivity contribution is -0.106. The third-order valence-corrected chi connectivity index (χ3v) is 2.34. The number of carbonyl (C=O) groups is 1. The van der Waals surface area contributed by atoms with E-state index in [-0.39, 0.29) is 5.76 Å². The molecule has 6 nitrogen and oxygen atoms in total. The van der Waals surface area contributed by atoms with Gasteiger partial charge in [0.05, 0.1) is 5.02 Å². The fourth-order valence-electron chi connectivity index (χ4n) is 1.29. The highest BCUT2D eigenvalue weighted by molar-refractivity contribution is 6.33. The highest BCUT2D eigenvalue weighted by Gasteiger charge is 2.07. The molecule has 0 fully saturated rings. The summed E-state index contributed by atoms with van der Waals surface area (Å²) in [4.78, 5) is 10.3. The predicted octanol–water partition coefficient (Wildman–Crippen LogP) is 1.62. The molecule has 0 atom stereocenters. The van der Waals surface area contributed by atoms with Crippen LogP contribution in [0.2, 0.25) is 5.02 Å². The number of rotatable bonds is 3. The number of aldehydes is 1. The van der Waals surface area contributed by atoms with Gasteiger partial charge < -0.3 is 5.11 Å². The molecule has 1 aromatic heterocycles. The van der Waals surface area contributed by atoms with E-state index in [0.717, 1.165) is 0 Å². The van der Waals surface area contributed by atoms with Gasteiger partial charge in [-0.3, -0.25) is 4.79 Å². The van der Waals surface area contributed by atoms with Crippen LogP contribution in [0.5, 0.6) is 0 Å². The summed E-state index contributed by atoms with van der Waals surface area (Å²) in [5.41, 5.74) is 1.25. The van der Waals surface area contributed by atoms with Crippen LogP contribution < -0.4 is 0 Å². The Bertz CT molecular complexity index is 566. The molecule has 17 heavy (non-hydrogen) atoms. The highest BCUT2D eigenvalue weighted by Crippen LogP contribution is 2.26. The lowest BCUT2D eigenvalue weighted by Gasteiger charge is -2.01. The molecule has 2 N–H and O–H groups in total. The number of aliphatic hydroxyl groups excluding tert-OH is 1. The van der Waals surface area contributed by atoms with E-state index in [1.165, 1.54) is 6.08 Å². The lowest BCUT2D eigenvalue weighted by atomic mass is 10.1. The first kappa shape index (κ1) is 11.3. The predicted molar refractivity (Wildman–Crippen MR) is 61.3 cm³/mol. The number of hydrogen-bond donors (Lipinski definition) is 2. The second kappa shape index (κ2) is 4.75. The van der Waals surface area contributed by atoms with E-state index in [9.17, 15) is 4.79 Å². The number of hydrogen-bond acceptors (Lipinski definition) is 5. The van der Waals surface area contributed by atoms with E-state index in [1.54, 1.807) is 18.2 Å². The summed E-state index contributed by atoms with van der Waals surface area (Å²) in [5.74, 6) is 0.0836. The fraction of sp³-hybridized carbons (Fsp3) is 0. The van der Waals surface area contributed by atoms with Gasteiger partial charge in [-0.15, -0.1) is 5.10 Å². The topological polar surface area (TPSA) is 91.8 Å². The van der Waals surface area contributed by atoms with Gasteiger partial charge in [-0.2, -0.15) is 0 Å². The molecule has 0 saturated heterocycles. The molecular weight excluding hydrogens is 244 g/mol. The van der Waals surface area contributed by atoms with Crippen LogP contribution in [0.3, 0.4) is 0 Å². The molecule has 0 amide bonds. The Morgan fingerprint density at radius 1 is 1.47 bits per heavy atom. The molecule has 7 heteroatoms. The first-order valence-corrected chi connectivity index (χ1v) is 4.98. The first-order chi connectivity index (χ1) is 8.20. The van der Waals surface area contributed by atoms with Gasteiger partial charge in [0.1, 0.15) is 0 Å². The van der Waals surface area contributed by atoms with Crippen LogP contribution >= 0.6 is 11.6 Å². The number of aromatic amines is 1. The number of tetrazole rings is 1. The zero-order valence-electron chi connectivity index (χ0n) is 8.46. The highest BCUT2D eigenvalue weighted by atomic mass is 35.5. The Morgan fingerprint density at radius 3 is 2.88 bits per heavy atom. The quantitative estimate of drug-likeness (QED) is 0.491.